The minimum absolute atomic E-state index is 0.0155. The van der Waals surface area contributed by atoms with Gasteiger partial charge in [0.25, 0.3) is 5.91 Å². The van der Waals surface area contributed by atoms with Crippen LogP contribution in [-0.4, -0.2) is 83.2 Å². The van der Waals surface area contributed by atoms with E-state index in [1.807, 2.05) is 38.3 Å². The lowest BCUT2D eigenvalue weighted by molar-refractivity contribution is -0.143. The number of nitrogens with zero attached hydrogens (tertiary/aromatic N) is 2. The number of hydrogen-bond acceptors (Lipinski definition) is 10. The van der Waals surface area contributed by atoms with E-state index in [0.717, 1.165) is 49.1 Å². The number of carbonyl (C=O) groups excluding carboxylic acids is 4. The second-order valence-electron chi connectivity index (χ2n) is 16.9. The highest BCUT2D eigenvalue weighted by Gasteiger charge is 2.64. The Balaban J connectivity index is 1.12. The van der Waals surface area contributed by atoms with E-state index in [-0.39, 0.29) is 25.5 Å². The summed E-state index contributed by atoms with van der Waals surface area (Å²) in [5.74, 6) is -1.56. The van der Waals surface area contributed by atoms with Gasteiger partial charge in [0.15, 0.2) is 0 Å². The summed E-state index contributed by atoms with van der Waals surface area (Å²) < 4.78 is 40.5. The lowest BCUT2D eigenvalue weighted by Gasteiger charge is -2.35. The first-order chi connectivity index (χ1) is 25.6. The number of amides is 4. The molecule has 15 heteroatoms. The molecule has 4 saturated carbocycles. The first-order valence-corrected chi connectivity index (χ1v) is 21.4. The number of pyridine rings is 1. The number of carbonyl (C=O) groups is 4. The molecule has 54 heavy (non-hydrogen) atoms. The molecule has 0 radical (unpaired) electrons. The molecule has 5 aliphatic rings. The molecule has 7 rings (SSSR count). The number of nitrogens with one attached hydrogen (secondary N) is 3. The van der Waals surface area contributed by atoms with Gasteiger partial charge in [0.2, 0.25) is 21.8 Å². The zero-order chi connectivity index (χ0) is 38.5. The summed E-state index contributed by atoms with van der Waals surface area (Å²) in [6, 6.07) is 5.24. The smallest absolute Gasteiger partial charge is 0.408 e. The first-order valence-electron chi connectivity index (χ1n) is 19.1. The van der Waals surface area contributed by atoms with Crippen molar-refractivity contribution in [2.45, 2.75) is 126 Å². The third-order valence-corrected chi connectivity index (χ3v) is 14.7. The molecule has 2 aromatic rings. The summed E-state index contributed by atoms with van der Waals surface area (Å²) in [5.41, 5.74) is -1.59. The van der Waals surface area contributed by atoms with Gasteiger partial charge in [0.1, 0.15) is 35.6 Å². The standard InChI is InChI=1S/C39H51N5O8S2/c1-5-25-22-39(25,35(47)43-54(49,50)38(15-16-38)21-24-12-13-24)42-33(45)30-20-28(51-27-14-17-40-29(19-27)31-11-8-18-53-31)23-44(30)34(46)32(37(2,3)4)41-36(48)52-26-9-6-7-10-26/h5,8,11,14,17-19,24-26,28,30,32H,1,6-7,9-10,12-13,15-16,20-23H2,2-4H3,(H,41,48)(H,42,45)(H,43,47)/t25-,28-,30+,32?,39-/m1/s1. The van der Waals surface area contributed by atoms with Crippen LogP contribution in [0.1, 0.15) is 91.4 Å². The van der Waals surface area contributed by atoms with E-state index < -0.39 is 73.6 Å². The van der Waals surface area contributed by atoms with Gasteiger partial charge in [-0.1, -0.05) is 45.8 Å². The molecule has 5 atom stereocenters. The molecule has 13 nitrogen and oxygen atoms in total. The molecule has 1 unspecified atom stereocenters. The Morgan fingerprint density at radius 1 is 1.11 bits per heavy atom. The van der Waals surface area contributed by atoms with Crippen LogP contribution in [0, 0.1) is 17.3 Å². The van der Waals surface area contributed by atoms with Crippen molar-refractivity contribution in [3.8, 4) is 16.3 Å². The molecule has 1 saturated heterocycles. The van der Waals surface area contributed by atoms with Crippen molar-refractivity contribution < 1.29 is 37.1 Å². The summed E-state index contributed by atoms with van der Waals surface area (Å²) in [6.45, 7) is 9.31. The molecule has 0 spiro atoms. The van der Waals surface area contributed by atoms with Gasteiger partial charge in [-0.2, -0.15) is 0 Å². The van der Waals surface area contributed by atoms with Crippen LogP contribution in [0.15, 0.2) is 48.5 Å². The van der Waals surface area contributed by atoms with Gasteiger partial charge in [0.05, 0.1) is 21.9 Å². The molecule has 292 valence electrons. The number of thiophene rings is 1. The molecule has 5 fully saturated rings. The van der Waals surface area contributed by atoms with Crippen LogP contribution in [0.5, 0.6) is 5.75 Å². The van der Waals surface area contributed by atoms with Crippen molar-refractivity contribution in [1.82, 2.24) is 25.2 Å². The highest BCUT2D eigenvalue weighted by Crippen LogP contribution is 2.53. The highest BCUT2D eigenvalue weighted by molar-refractivity contribution is 7.91. The third kappa shape index (κ3) is 8.02. The second kappa shape index (κ2) is 14.6. The molecule has 3 N–H and O–H groups in total. The number of aromatic nitrogens is 1. The zero-order valence-corrected chi connectivity index (χ0v) is 32.8. The van der Waals surface area contributed by atoms with Crippen LogP contribution < -0.4 is 20.1 Å². The van der Waals surface area contributed by atoms with Gasteiger partial charge in [-0.05, 0) is 80.2 Å². The summed E-state index contributed by atoms with van der Waals surface area (Å²) in [4.78, 5) is 62.7. The normalized spacial score (nSPS) is 26.7. The van der Waals surface area contributed by atoms with Gasteiger partial charge >= 0.3 is 6.09 Å². The SMILES string of the molecule is C=C[C@@H]1C[C@]1(NC(=O)[C@@H]1C[C@@H](Oc2ccnc(-c3cccs3)c2)CN1C(=O)C(NC(=O)OC1CCCC1)C(C)(C)C)C(=O)NS(=O)(=O)C1(CC2CC2)CC1. The summed E-state index contributed by atoms with van der Waals surface area (Å²) >= 11 is 1.54. The fourth-order valence-corrected chi connectivity index (χ4v) is 10.4. The number of rotatable bonds is 14. The van der Waals surface area contributed by atoms with E-state index in [9.17, 15) is 27.6 Å². The highest BCUT2D eigenvalue weighted by atomic mass is 32.2. The van der Waals surface area contributed by atoms with Gasteiger partial charge in [-0.15, -0.1) is 17.9 Å². The van der Waals surface area contributed by atoms with Crippen LogP contribution in [0.4, 0.5) is 4.79 Å². The Hall–Kier alpha value is -3.98. The Bertz CT molecular complexity index is 1880. The second-order valence-corrected chi connectivity index (χ2v) is 19.9. The number of ether oxygens (including phenoxy) is 2. The number of alkyl carbamates (subject to hydrolysis) is 1. The van der Waals surface area contributed by atoms with Crippen molar-refractivity contribution in [3.63, 3.8) is 0 Å². The quantitative estimate of drug-likeness (QED) is 0.221. The topological polar surface area (TPSA) is 173 Å². The van der Waals surface area contributed by atoms with Crippen LogP contribution in [0.25, 0.3) is 10.6 Å². The average molecular weight is 782 g/mol. The summed E-state index contributed by atoms with van der Waals surface area (Å²) in [7, 11) is -3.99. The molecule has 4 amide bonds. The minimum atomic E-state index is -3.99. The molecular formula is C39H51N5O8S2. The maximum absolute atomic E-state index is 14.6. The van der Waals surface area contributed by atoms with Crippen molar-refractivity contribution in [2.24, 2.45) is 17.3 Å². The Morgan fingerprint density at radius 3 is 2.46 bits per heavy atom. The fourth-order valence-electron chi connectivity index (χ4n) is 7.96. The van der Waals surface area contributed by atoms with Crippen LogP contribution in [0.2, 0.25) is 0 Å². The first kappa shape index (κ1) is 38.3. The number of likely N-dealkylation sites (tertiary alicyclic amines) is 1. The van der Waals surface area contributed by atoms with E-state index in [1.165, 1.54) is 22.3 Å². The maximum Gasteiger partial charge on any atom is 0.408 e. The van der Waals surface area contributed by atoms with Gasteiger partial charge < -0.3 is 25.0 Å². The van der Waals surface area contributed by atoms with Gasteiger partial charge in [0, 0.05) is 24.6 Å². The molecule has 0 aromatic carbocycles. The third-order valence-electron chi connectivity index (χ3n) is 11.6. The Kier molecular flexibility index (Phi) is 10.3. The van der Waals surface area contributed by atoms with Gasteiger partial charge in [-0.3, -0.25) is 24.1 Å². The molecule has 3 heterocycles. The van der Waals surface area contributed by atoms with Crippen molar-refractivity contribution >= 4 is 45.2 Å². The number of hydrogen-bond donors (Lipinski definition) is 3. The van der Waals surface area contributed by atoms with E-state index in [1.54, 1.807) is 18.3 Å². The van der Waals surface area contributed by atoms with E-state index >= 15 is 0 Å². The van der Waals surface area contributed by atoms with Crippen LogP contribution in [0.3, 0.4) is 0 Å². The Morgan fingerprint density at radius 2 is 1.85 bits per heavy atom. The van der Waals surface area contributed by atoms with E-state index in [2.05, 4.69) is 26.9 Å². The zero-order valence-electron chi connectivity index (χ0n) is 31.2. The number of sulfonamides is 1. The van der Waals surface area contributed by atoms with Crippen molar-refractivity contribution in [3.05, 3.63) is 48.5 Å². The summed E-state index contributed by atoms with van der Waals surface area (Å²) in [6.07, 6.45) is 8.88. The van der Waals surface area contributed by atoms with Crippen LogP contribution >= 0.6 is 11.3 Å². The lowest BCUT2D eigenvalue weighted by atomic mass is 9.85. The van der Waals surface area contributed by atoms with E-state index in [0.29, 0.717) is 30.9 Å². The predicted molar refractivity (Wildman–Crippen MR) is 203 cm³/mol. The molecule has 1 aliphatic heterocycles. The van der Waals surface area contributed by atoms with Crippen molar-refractivity contribution in [2.75, 3.05) is 6.54 Å². The van der Waals surface area contributed by atoms with Crippen LogP contribution in [-0.2, 0) is 29.1 Å². The Labute approximate surface area is 321 Å². The molecule has 0 bridgehead atoms. The van der Waals surface area contributed by atoms with E-state index in [4.69, 9.17) is 9.47 Å². The summed E-state index contributed by atoms with van der Waals surface area (Å²) in [5, 5.41) is 7.61. The monoisotopic (exact) mass is 781 g/mol. The van der Waals surface area contributed by atoms with Crippen molar-refractivity contribution in [1.29, 1.82) is 0 Å². The molecule has 4 aliphatic carbocycles. The predicted octanol–water partition coefficient (Wildman–Crippen LogP) is 5.08. The maximum atomic E-state index is 14.6. The largest absolute Gasteiger partial charge is 0.488 e. The average Bonchev–Trinajstić information content (AvgIpc) is 4.06. The lowest BCUT2D eigenvalue weighted by Crippen LogP contribution is -2.60. The fraction of sp³-hybridized carbons (Fsp3) is 0.615. The van der Waals surface area contributed by atoms with Gasteiger partial charge in [-0.25, -0.2) is 13.2 Å². The molecule has 2 aromatic heterocycles. The molecular weight excluding hydrogens is 731 g/mol. The minimum Gasteiger partial charge on any atom is -0.488 e.